The maximum atomic E-state index is 12.9. The van der Waals surface area contributed by atoms with Crippen molar-refractivity contribution in [2.75, 3.05) is 17.8 Å². The van der Waals surface area contributed by atoms with E-state index in [1.807, 2.05) is 18.7 Å². The van der Waals surface area contributed by atoms with E-state index in [4.69, 9.17) is 11.6 Å². The first-order valence-electron chi connectivity index (χ1n) is 9.88. The number of amides is 1. The molecule has 1 aliphatic heterocycles. The third-order valence-corrected chi connectivity index (χ3v) is 8.24. The molecule has 2 aromatic heterocycles. The van der Waals surface area contributed by atoms with Crippen molar-refractivity contribution < 1.29 is 13.2 Å². The Bertz CT molecular complexity index is 1260. The molecule has 0 radical (unpaired) electrons. The number of aryl methyl sites for hydroxylation is 3. The number of sulfonamides is 1. The van der Waals surface area contributed by atoms with E-state index >= 15 is 0 Å². The van der Waals surface area contributed by atoms with Crippen molar-refractivity contribution in [1.29, 1.82) is 0 Å². The van der Waals surface area contributed by atoms with E-state index in [9.17, 15) is 13.2 Å². The normalized spacial score (nSPS) is 14.3. The quantitative estimate of drug-likeness (QED) is 0.586. The molecule has 31 heavy (non-hydrogen) atoms. The summed E-state index contributed by atoms with van der Waals surface area (Å²) in [5, 5.41) is 1.10. The Balaban J connectivity index is 1.62. The zero-order valence-corrected chi connectivity index (χ0v) is 19.9. The summed E-state index contributed by atoms with van der Waals surface area (Å²) >= 11 is 7.41. The van der Waals surface area contributed by atoms with Crippen LogP contribution in [0.2, 0.25) is 5.02 Å². The summed E-state index contributed by atoms with van der Waals surface area (Å²) in [5.41, 5.74) is 2.56. The Labute approximate surface area is 190 Å². The van der Waals surface area contributed by atoms with E-state index in [1.54, 1.807) is 35.9 Å². The highest BCUT2D eigenvalue weighted by Crippen LogP contribution is 2.32. The van der Waals surface area contributed by atoms with Gasteiger partial charge in [0.15, 0.2) is 0 Å². The second-order valence-corrected chi connectivity index (χ2v) is 10.8. The predicted octanol–water partition coefficient (Wildman–Crippen LogP) is 4.46. The van der Waals surface area contributed by atoms with E-state index in [1.165, 1.54) is 17.5 Å². The Hall–Kier alpha value is -2.36. The predicted molar refractivity (Wildman–Crippen MR) is 123 cm³/mol. The number of halogens is 1. The number of carbonyl (C=O) groups excluding carboxylic acids is 1. The minimum Gasteiger partial charge on any atom is -0.347 e. The summed E-state index contributed by atoms with van der Waals surface area (Å²) in [6.45, 7) is 5.20. The molecule has 1 aliphatic rings. The number of thiazole rings is 1. The van der Waals surface area contributed by atoms with Crippen molar-refractivity contribution >= 4 is 44.6 Å². The van der Waals surface area contributed by atoms with Gasteiger partial charge in [0.05, 0.1) is 17.1 Å². The van der Waals surface area contributed by atoms with Gasteiger partial charge in [-0.15, -0.1) is 11.3 Å². The minimum absolute atomic E-state index is 0.00118. The van der Waals surface area contributed by atoms with Crippen molar-refractivity contribution in [1.82, 2.24) is 14.5 Å². The molecular weight excluding hydrogens is 456 g/mol. The average molecular weight is 479 g/mol. The number of rotatable bonds is 5. The molecule has 0 aliphatic carbocycles. The maximum Gasteiger partial charge on any atom is 0.265 e. The van der Waals surface area contributed by atoms with Crippen molar-refractivity contribution in [3.8, 4) is 10.7 Å². The maximum absolute atomic E-state index is 12.9. The van der Waals surface area contributed by atoms with Crippen LogP contribution in [0.15, 0.2) is 35.4 Å². The molecule has 0 bridgehead atoms. The molecule has 4 rings (SSSR count). The number of aromatic nitrogens is 2. The number of anilines is 1. The number of carbonyl (C=O) groups is 1. The lowest BCUT2D eigenvalue weighted by Gasteiger charge is -2.13. The summed E-state index contributed by atoms with van der Waals surface area (Å²) in [6.07, 6.45) is 3.58. The number of likely N-dealkylation sites (tertiary alicyclic amines) is 1. The van der Waals surface area contributed by atoms with Crippen molar-refractivity contribution in [3.05, 3.63) is 51.6 Å². The molecule has 10 heteroatoms. The van der Waals surface area contributed by atoms with Crippen LogP contribution in [0.1, 0.15) is 33.8 Å². The highest BCUT2D eigenvalue weighted by atomic mass is 35.5. The fourth-order valence-electron chi connectivity index (χ4n) is 3.53. The zero-order valence-electron chi connectivity index (χ0n) is 17.5. The number of nitrogens with one attached hydrogen (secondary N) is 1. The second kappa shape index (κ2) is 8.29. The van der Waals surface area contributed by atoms with Crippen LogP contribution in [0.3, 0.4) is 0 Å². The number of benzene rings is 1. The third kappa shape index (κ3) is 4.35. The van der Waals surface area contributed by atoms with Crippen LogP contribution >= 0.6 is 22.9 Å². The van der Waals surface area contributed by atoms with E-state index in [2.05, 4.69) is 9.71 Å². The molecule has 0 saturated carbocycles. The lowest BCUT2D eigenvalue weighted by Crippen LogP contribution is -2.27. The summed E-state index contributed by atoms with van der Waals surface area (Å²) in [6, 6.07) is 6.58. The highest BCUT2D eigenvalue weighted by Gasteiger charge is 2.26. The molecule has 3 heterocycles. The molecule has 7 nitrogen and oxygen atoms in total. The Morgan fingerprint density at radius 3 is 2.58 bits per heavy atom. The first kappa shape index (κ1) is 21.9. The monoisotopic (exact) mass is 478 g/mol. The molecule has 3 aromatic rings. The number of nitrogens with zero attached hydrogens (tertiary/aromatic N) is 3. The Morgan fingerprint density at radius 1 is 1.19 bits per heavy atom. The molecular formula is C21H23ClN4O3S2. The summed E-state index contributed by atoms with van der Waals surface area (Å²) in [4.78, 5) is 19.9. The lowest BCUT2D eigenvalue weighted by molar-refractivity contribution is 0.0796. The first-order chi connectivity index (χ1) is 14.7. The third-order valence-electron chi connectivity index (χ3n) is 5.32. The average Bonchev–Trinajstić information content (AvgIpc) is 3.44. The summed E-state index contributed by atoms with van der Waals surface area (Å²) < 4.78 is 30.1. The Morgan fingerprint density at radius 2 is 1.90 bits per heavy atom. The fourth-order valence-corrected chi connectivity index (χ4v) is 5.92. The minimum atomic E-state index is -3.81. The van der Waals surface area contributed by atoms with Crippen LogP contribution in [0.5, 0.6) is 0 Å². The zero-order chi connectivity index (χ0) is 22.3. The van der Waals surface area contributed by atoms with Crippen LogP contribution in [-0.2, 0) is 17.1 Å². The summed E-state index contributed by atoms with van der Waals surface area (Å²) in [5.74, 6) is -0.00118. The van der Waals surface area contributed by atoms with Gasteiger partial charge >= 0.3 is 0 Å². The van der Waals surface area contributed by atoms with Gasteiger partial charge in [0.2, 0.25) is 0 Å². The molecule has 1 N–H and O–H groups in total. The molecule has 0 unspecified atom stereocenters. The van der Waals surface area contributed by atoms with E-state index < -0.39 is 10.0 Å². The fraction of sp³-hybridized carbons (Fsp3) is 0.333. The van der Waals surface area contributed by atoms with Crippen molar-refractivity contribution in [2.45, 2.75) is 31.6 Å². The van der Waals surface area contributed by atoms with E-state index in [0.29, 0.717) is 32.0 Å². The van der Waals surface area contributed by atoms with Crippen LogP contribution in [0.4, 0.5) is 5.69 Å². The molecule has 1 saturated heterocycles. The van der Waals surface area contributed by atoms with Crippen LogP contribution in [0, 0.1) is 13.8 Å². The van der Waals surface area contributed by atoms with Gasteiger partial charge in [0, 0.05) is 31.4 Å². The SMILES string of the molecule is Cc1ccc(NS(=O)(=O)c2cc(-c3nc(C)c(C(=O)N4CCCC4)s3)n(C)c2)cc1Cl. The highest BCUT2D eigenvalue weighted by molar-refractivity contribution is 7.92. The molecule has 0 spiro atoms. The van der Waals surface area contributed by atoms with Gasteiger partial charge in [-0.3, -0.25) is 9.52 Å². The topological polar surface area (TPSA) is 84.3 Å². The lowest BCUT2D eigenvalue weighted by atomic mass is 10.2. The number of hydrogen-bond acceptors (Lipinski definition) is 5. The Kier molecular flexibility index (Phi) is 5.85. The van der Waals surface area contributed by atoms with Gasteiger partial charge < -0.3 is 9.47 Å². The largest absolute Gasteiger partial charge is 0.347 e. The standard InChI is InChI=1S/C21H23ClN4O3S2/c1-13-6-7-15(10-17(13)22)24-31(28,29)16-11-18(25(3)12-16)20-23-14(2)19(30-20)21(27)26-8-4-5-9-26/h6-7,10-12,24H,4-5,8-9H2,1-3H3. The van der Waals surface area contributed by atoms with Gasteiger partial charge in [-0.25, -0.2) is 13.4 Å². The van der Waals surface area contributed by atoms with Crippen molar-refractivity contribution in [2.24, 2.45) is 7.05 Å². The van der Waals surface area contributed by atoms with E-state index in [0.717, 1.165) is 31.5 Å². The molecule has 1 amide bonds. The summed E-state index contributed by atoms with van der Waals surface area (Å²) in [7, 11) is -2.05. The molecule has 0 atom stereocenters. The van der Waals surface area contributed by atoms with Gasteiger partial charge in [-0.2, -0.15) is 0 Å². The molecule has 1 fully saturated rings. The van der Waals surface area contributed by atoms with Crippen molar-refractivity contribution in [3.63, 3.8) is 0 Å². The van der Waals surface area contributed by atoms with Gasteiger partial charge in [0.1, 0.15) is 14.8 Å². The van der Waals surface area contributed by atoms with Gasteiger partial charge in [-0.05, 0) is 50.5 Å². The first-order valence-corrected chi connectivity index (χ1v) is 12.6. The van der Waals surface area contributed by atoms with E-state index in [-0.39, 0.29) is 10.8 Å². The van der Waals surface area contributed by atoms with Crippen LogP contribution < -0.4 is 4.72 Å². The van der Waals surface area contributed by atoms with Crippen LogP contribution in [0.25, 0.3) is 10.7 Å². The van der Waals surface area contributed by atoms with Gasteiger partial charge in [-0.1, -0.05) is 17.7 Å². The second-order valence-electron chi connectivity index (χ2n) is 7.67. The number of hydrogen-bond donors (Lipinski definition) is 1. The molecule has 1 aromatic carbocycles. The van der Waals surface area contributed by atoms with Gasteiger partial charge in [0.25, 0.3) is 15.9 Å². The van der Waals surface area contributed by atoms with Crippen LogP contribution in [-0.4, -0.2) is 41.9 Å². The smallest absolute Gasteiger partial charge is 0.265 e. The molecule has 164 valence electrons.